The minimum absolute atomic E-state index is 0.0400. The maximum absolute atomic E-state index is 10.5. The molecule has 21 heavy (non-hydrogen) atoms. The van der Waals surface area contributed by atoms with E-state index < -0.39 is 0 Å². The van der Waals surface area contributed by atoms with Crippen LogP contribution in [-0.4, -0.2) is 22.4 Å². The highest BCUT2D eigenvalue weighted by Gasteiger charge is 2.59. The molecule has 0 radical (unpaired) electrons. The molecule has 4 rings (SSSR count). The topological polar surface area (TPSA) is 40.5 Å². The second-order valence-corrected chi connectivity index (χ2v) is 9.22. The molecule has 4 aliphatic carbocycles. The van der Waals surface area contributed by atoms with E-state index in [1.54, 1.807) is 0 Å². The van der Waals surface area contributed by atoms with Crippen LogP contribution >= 0.6 is 0 Å². The van der Waals surface area contributed by atoms with Crippen molar-refractivity contribution < 1.29 is 10.2 Å². The molecule has 2 nitrogen and oxygen atoms in total. The van der Waals surface area contributed by atoms with Crippen molar-refractivity contribution in [2.45, 2.75) is 83.8 Å². The second kappa shape index (κ2) is 4.71. The fraction of sp³-hybridized carbons (Fsp3) is 1.00. The predicted octanol–water partition coefficient (Wildman–Crippen LogP) is 3.75. The first-order chi connectivity index (χ1) is 9.95. The van der Waals surface area contributed by atoms with Gasteiger partial charge in [0.2, 0.25) is 0 Å². The summed E-state index contributed by atoms with van der Waals surface area (Å²) in [7, 11) is 0. The summed E-state index contributed by atoms with van der Waals surface area (Å²) in [4.78, 5) is 0. The first-order valence-corrected chi connectivity index (χ1v) is 9.31. The number of hydrogen-bond acceptors (Lipinski definition) is 2. The molecule has 8 atom stereocenters. The standard InChI is InChI=1S/C19H32O2/c1-18-9-7-13(20)11-12(18)3-4-14-15-5-6-17(21)19(15,2)10-8-16(14)18/h12-17,20-21H,3-11H2,1-2H3/t12-,13-,14+,15+,16+,17+,18+,19+/m1/s1. The Labute approximate surface area is 129 Å². The van der Waals surface area contributed by atoms with Crippen molar-refractivity contribution in [2.24, 2.45) is 34.5 Å². The molecular weight excluding hydrogens is 260 g/mol. The summed E-state index contributed by atoms with van der Waals surface area (Å²) in [6.07, 6.45) is 10.7. The average molecular weight is 292 g/mol. The SMILES string of the molecule is C[C@]12CC[C@@H](O)C[C@H]1CC[C@@H]1[C@@H]2CC[C@]2(C)[C@@H](O)CC[C@@H]12. The van der Waals surface area contributed by atoms with Crippen LogP contribution in [0.15, 0.2) is 0 Å². The maximum Gasteiger partial charge on any atom is 0.0596 e. The third-order valence-corrected chi connectivity index (χ3v) is 8.59. The molecule has 0 unspecified atom stereocenters. The lowest BCUT2D eigenvalue weighted by atomic mass is 9.45. The van der Waals surface area contributed by atoms with E-state index in [1.165, 1.54) is 38.5 Å². The van der Waals surface area contributed by atoms with Crippen LogP contribution in [0.25, 0.3) is 0 Å². The molecule has 0 aromatic carbocycles. The number of hydrogen-bond donors (Lipinski definition) is 2. The van der Waals surface area contributed by atoms with Crippen molar-refractivity contribution in [1.29, 1.82) is 0 Å². The minimum atomic E-state index is -0.0536. The Bertz CT molecular complexity index is 422. The molecule has 0 aliphatic heterocycles. The highest BCUT2D eigenvalue weighted by molar-refractivity contribution is 5.09. The molecular formula is C19H32O2. The number of fused-ring (bicyclic) bond motifs is 5. The summed E-state index contributed by atoms with van der Waals surface area (Å²) >= 11 is 0. The lowest BCUT2D eigenvalue weighted by Gasteiger charge is -2.60. The third kappa shape index (κ3) is 1.91. The molecule has 4 saturated carbocycles. The second-order valence-electron chi connectivity index (χ2n) is 9.22. The van der Waals surface area contributed by atoms with Gasteiger partial charge in [-0.05, 0) is 92.3 Å². The van der Waals surface area contributed by atoms with E-state index in [0.29, 0.717) is 5.41 Å². The molecule has 0 spiro atoms. The molecule has 0 aromatic rings. The molecule has 2 N–H and O–H groups in total. The van der Waals surface area contributed by atoms with Gasteiger partial charge >= 0.3 is 0 Å². The molecule has 4 fully saturated rings. The molecule has 2 heteroatoms. The molecule has 0 bridgehead atoms. The van der Waals surface area contributed by atoms with Crippen molar-refractivity contribution in [2.75, 3.05) is 0 Å². The zero-order chi connectivity index (χ0) is 14.8. The summed E-state index contributed by atoms with van der Waals surface area (Å²) in [6.45, 7) is 4.90. The van der Waals surface area contributed by atoms with Gasteiger partial charge in [0.25, 0.3) is 0 Å². The Morgan fingerprint density at radius 1 is 0.762 bits per heavy atom. The fourth-order valence-electron chi connectivity index (χ4n) is 7.21. The minimum Gasteiger partial charge on any atom is -0.393 e. The predicted molar refractivity (Wildman–Crippen MR) is 83.7 cm³/mol. The van der Waals surface area contributed by atoms with Gasteiger partial charge in [-0.2, -0.15) is 0 Å². The Hall–Kier alpha value is -0.0800. The van der Waals surface area contributed by atoms with Crippen molar-refractivity contribution >= 4 is 0 Å². The fourth-order valence-corrected chi connectivity index (χ4v) is 7.21. The number of aliphatic hydroxyl groups excluding tert-OH is 2. The smallest absolute Gasteiger partial charge is 0.0596 e. The van der Waals surface area contributed by atoms with E-state index in [-0.39, 0.29) is 17.6 Å². The van der Waals surface area contributed by atoms with Crippen LogP contribution in [0.2, 0.25) is 0 Å². The van der Waals surface area contributed by atoms with Crippen molar-refractivity contribution in [3.63, 3.8) is 0 Å². The molecule has 0 amide bonds. The molecule has 120 valence electrons. The quantitative estimate of drug-likeness (QED) is 0.714. The van der Waals surface area contributed by atoms with Crippen LogP contribution in [0.1, 0.15) is 71.6 Å². The molecule has 0 saturated heterocycles. The Morgan fingerprint density at radius 2 is 1.48 bits per heavy atom. The van der Waals surface area contributed by atoms with Crippen molar-refractivity contribution in [3.05, 3.63) is 0 Å². The zero-order valence-corrected chi connectivity index (χ0v) is 13.7. The number of rotatable bonds is 0. The van der Waals surface area contributed by atoms with Crippen LogP contribution in [0.3, 0.4) is 0 Å². The van der Waals surface area contributed by atoms with Crippen LogP contribution in [-0.2, 0) is 0 Å². The Kier molecular flexibility index (Phi) is 3.25. The van der Waals surface area contributed by atoms with Crippen molar-refractivity contribution in [1.82, 2.24) is 0 Å². The summed E-state index contributed by atoms with van der Waals surface area (Å²) in [5.74, 6) is 3.21. The van der Waals surface area contributed by atoms with E-state index in [2.05, 4.69) is 13.8 Å². The van der Waals surface area contributed by atoms with E-state index in [1.807, 2.05) is 0 Å². The monoisotopic (exact) mass is 292 g/mol. The van der Waals surface area contributed by atoms with Crippen LogP contribution in [0.5, 0.6) is 0 Å². The Balaban J connectivity index is 1.62. The van der Waals surface area contributed by atoms with E-state index in [4.69, 9.17) is 0 Å². The van der Waals surface area contributed by atoms with Gasteiger partial charge in [-0.1, -0.05) is 13.8 Å². The van der Waals surface area contributed by atoms with Gasteiger partial charge < -0.3 is 10.2 Å². The van der Waals surface area contributed by atoms with E-state index in [9.17, 15) is 10.2 Å². The molecule has 0 aromatic heterocycles. The lowest BCUT2D eigenvalue weighted by Crippen LogP contribution is -2.54. The van der Waals surface area contributed by atoms with Gasteiger partial charge in [0, 0.05) is 0 Å². The van der Waals surface area contributed by atoms with Gasteiger partial charge in [0.05, 0.1) is 12.2 Å². The maximum atomic E-state index is 10.5. The summed E-state index contributed by atoms with van der Waals surface area (Å²) in [6, 6.07) is 0. The van der Waals surface area contributed by atoms with Gasteiger partial charge in [0.1, 0.15) is 0 Å². The lowest BCUT2D eigenvalue weighted by molar-refractivity contribution is -0.133. The number of aliphatic hydroxyl groups is 2. The third-order valence-electron chi connectivity index (χ3n) is 8.59. The van der Waals surface area contributed by atoms with E-state index in [0.717, 1.165) is 42.9 Å². The average Bonchev–Trinajstić information content (AvgIpc) is 2.76. The van der Waals surface area contributed by atoms with Crippen molar-refractivity contribution in [3.8, 4) is 0 Å². The van der Waals surface area contributed by atoms with Gasteiger partial charge in [-0.15, -0.1) is 0 Å². The summed E-state index contributed by atoms with van der Waals surface area (Å²) in [5, 5.41) is 20.5. The zero-order valence-electron chi connectivity index (χ0n) is 13.7. The van der Waals surface area contributed by atoms with Crippen LogP contribution in [0.4, 0.5) is 0 Å². The largest absolute Gasteiger partial charge is 0.393 e. The van der Waals surface area contributed by atoms with Gasteiger partial charge in [-0.3, -0.25) is 0 Å². The molecule has 0 heterocycles. The highest BCUT2D eigenvalue weighted by Crippen LogP contribution is 2.66. The Morgan fingerprint density at radius 3 is 2.29 bits per heavy atom. The normalized spacial score (nSPS) is 60.0. The summed E-state index contributed by atoms with van der Waals surface area (Å²) < 4.78 is 0. The van der Waals surface area contributed by atoms with E-state index >= 15 is 0 Å². The summed E-state index contributed by atoms with van der Waals surface area (Å²) in [5.41, 5.74) is 0.676. The molecule has 4 aliphatic rings. The van der Waals surface area contributed by atoms with Crippen LogP contribution < -0.4 is 0 Å². The highest BCUT2D eigenvalue weighted by atomic mass is 16.3. The van der Waals surface area contributed by atoms with Gasteiger partial charge in [-0.25, -0.2) is 0 Å². The first kappa shape index (κ1) is 14.5. The first-order valence-electron chi connectivity index (χ1n) is 9.31. The van der Waals surface area contributed by atoms with Crippen LogP contribution in [0, 0.1) is 34.5 Å². The van der Waals surface area contributed by atoms with Gasteiger partial charge in [0.15, 0.2) is 0 Å².